The zero-order valence-corrected chi connectivity index (χ0v) is 19.9. The van der Waals surface area contributed by atoms with Gasteiger partial charge in [-0.1, -0.05) is 30.3 Å². The Hall–Kier alpha value is -3.87. The second-order valence-electron chi connectivity index (χ2n) is 9.56. The average Bonchev–Trinajstić information content (AvgIpc) is 3.29. The number of imidazole rings is 1. The van der Waals surface area contributed by atoms with Gasteiger partial charge in [-0.15, -0.1) is 0 Å². The lowest BCUT2D eigenvalue weighted by Gasteiger charge is -2.29. The molecular formula is C28H30N4O3. The number of amides is 1. The third kappa shape index (κ3) is 5.14. The van der Waals surface area contributed by atoms with Crippen LogP contribution in [0, 0.1) is 12.8 Å². The van der Waals surface area contributed by atoms with Crippen LogP contribution in [0.5, 0.6) is 0 Å². The number of hydrogen-bond donors (Lipinski definition) is 2. The van der Waals surface area contributed by atoms with Crippen molar-refractivity contribution in [3.63, 3.8) is 0 Å². The molecule has 7 nitrogen and oxygen atoms in total. The van der Waals surface area contributed by atoms with E-state index >= 15 is 0 Å². The number of carboxylic acids is 1. The van der Waals surface area contributed by atoms with Crippen molar-refractivity contribution in [1.29, 1.82) is 0 Å². The van der Waals surface area contributed by atoms with Crippen LogP contribution in [0.1, 0.15) is 65.5 Å². The number of nitrogens with one attached hydrogen (secondary N) is 1. The number of rotatable bonds is 6. The molecule has 1 fully saturated rings. The number of aliphatic carboxylic acids is 1. The summed E-state index contributed by atoms with van der Waals surface area (Å²) in [6.07, 6.45) is 10.1. The van der Waals surface area contributed by atoms with Crippen molar-refractivity contribution in [2.45, 2.75) is 51.6 Å². The molecule has 2 N–H and O–H groups in total. The molecule has 0 spiro atoms. The van der Waals surface area contributed by atoms with Gasteiger partial charge in [0, 0.05) is 30.2 Å². The standard InChI is InChI=1S/C28H30N4O3/c1-19-4-2-3-5-24(19)30-28(35)25-17-32-18-31(15-14-26(32)29-25)23-12-10-22(11-13-23)21-8-6-20(7-9-21)16-27(33)34/h2-5,10-15,17,20-21H,6-9,16,18H2,1H3,(H,30,35)(H,33,34). The smallest absolute Gasteiger partial charge is 0.303 e. The molecule has 0 radical (unpaired) electrons. The Labute approximate surface area is 205 Å². The van der Waals surface area contributed by atoms with E-state index in [0.29, 0.717) is 30.6 Å². The molecule has 1 aromatic heterocycles. The van der Waals surface area contributed by atoms with E-state index in [1.54, 1.807) is 6.20 Å². The van der Waals surface area contributed by atoms with Crippen molar-refractivity contribution in [1.82, 2.24) is 9.55 Å². The maximum absolute atomic E-state index is 12.7. The predicted molar refractivity (Wildman–Crippen MR) is 136 cm³/mol. The van der Waals surface area contributed by atoms with Gasteiger partial charge in [-0.2, -0.15) is 0 Å². The lowest BCUT2D eigenvalue weighted by molar-refractivity contribution is -0.138. The van der Waals surface area contributed by atoms with E-state index in [0.717, 1.165) is 48.4 Å². The molecule has 0 saturated heterocycles. The van der Waals surface area contributed by atoms with Crippen molar-refractivity contribution >= 4 is 29.3 Å². The van der Waals surface area contributed by atoms with Gasteiger partial charge in [-0.05, 0) is 79.8 Å². The highest BCUT2D eigenvalue weighted by Crippen LogP contribution is 2.37. The Morgan fingerprint density at radius 3 is 2.51 bits per heavy atom. The number of para-hydroxylation sites is 1. The summed E-state index contributed by atoms with van der Waals surface area (Å²) in [6.45, 7) is 2.54. The maximum atomic E-state index is 12.7. The number of hydrogen-bond acceptors (Lipinski definition) is 4. The number of nitrogens with zero attached hydrogens (tertiary/aromatic N) is 3. The van der Waals surface area contributed by atoms with Crippen LogP contribution in [0.2, 0.25) is 0 Å². The largest absolute Gasteiger partial charge is 0.481 e. The molecule has 2 aliphatic rings. The highest BCUT2D eigenvalue weighted by molar-refractivity contribution is 6.03. The minimum atomic E-state index is -0.688. The van der Waals surface area contributed by atoms with Crippen LogP contribution in [0.4, 0.5) is 11.4 Å². The van der Waals surface area contributed by atoms with E-state index in [1.807, 2.05) is 48.0 Å². The van der Waals surface area contributed by atoms with Gasteiger partial charge in [0.25, 0.3) is 5.91 Å². The van der Waals surface area contributed by atoms with Crippen LogP contribution in [-0.2, 0) is 11.5 Å². The van der Waals surface area contributed by atoms with Gasteiger partial charge < -0.3 is 19.9 Å². The number of carboxylic acid groups (broad SMARTS) is 1. The highest BCUT2D eigenvalue weighted by atomic mass is 16.4. The quantitative estimate of drug-likeness (QED) is 0.487. The molecule has 180 valence electrons. The van der Waals surface area contributed by atoms with E-state index < -0.39 is 5.97 Å². The monoisotopic (exact) mass is 470 g/mol. The third-order valence-corrected chi connectivity index (χ3v) is 7.15. The number of anilines is 2. The van der Waals surface area contributed by atoms with E-state index in [2.05, 4.69) is 39.5 Å². The summed E-state index contributed by atoms with van der Waals surface area (Å²) in [4.78, 5) is 30.3. The fraction of sp³-hybridized carbons (Fsp3) is 0.321. The number of fused-ring (bicyclic) bond motifs is 1. The summed E-state index contributed by atoms with van der Waals surface area (Å²) in [5, 5.41) is 12.0. The SMILES string of the molecule is Cc1ccccc1NC(=O)c1cn2c(n1)C=CN(c1ccc(C3CCC(CC(=O)O)CC3)cc1)C2. The second kappa shape index (κ2) is 9.78. The van der Waals surface area contributed by atoms with Crippen molar-refractivity contribution in [3.8, 4) is 0 Å². The van der Waals surface area contributed by atoms with Crippen molar-refractivity contribution in [3.05, 3.63) is 83.6 Å². The Balaban J connectivity index is 1.21. The summed E-state index contributed by atoms with van der Waals surface area (Å²) < 4.78 is 1.98. The maximum Gasteiger partial charge on any atom is 0.303 e. The minimum absolute atomic E-state index is 0.219. The summed E-state index contributed by atoms with van der Waals surface area (Å²) in [5.74, 6) is 0.664. The second-order valence-corrected chi connectivity index (χ2v) is 9.56. The summed E-state index contributed by atoms with van der Waals surface area (Å²) in [7, 11) is 0. The molecule has 35 heavy (non-hydrogen) atoms. The molecule has 0 unspecified atom stereocenters. The molecular weight excluding hydrogens is 440 g/mol. The molecule has 0 atom stereocenters. The molecule has 3 aromatic rings. The molecule has 7 heteroatoms. The summed E-state index contributed by atoms with van der Waals surface area (Å²) in [5.41, 5.74) is 4.59. The fourth-order valence-corrected chi connectivity index (χ4v) is 5.11. The number of aromatic nitrogens is 2. The Kier molecular flexibility index (Phi) is 6.40. The van der Waals surface area contributed by atoms with E-state index in [1.165, 1.54) is 5.56 Å². The van der Waals surface area contributed by atoms with Gasteiger partial charge in [0.1, 0.15) is 18.2 Å². The number of carbonyl (C=O) groups is 2. The Morgan fingerprint density at radius 2 is 1.80 bits per heavy atom. The molecule has 2 heterocycles. The van der Waals surface area contributed by atoms with Crippen LogP contribution >= 0.6 is 0 Å². The van der Waals surface area contributed by atoms with Crippen LogP contribution < -0.4 is 10.2 Å². The predicted octanol–water partition coefficient (Wildman–Crippen LogP) is 5.64. The van der Waals surface area contributed by atoms with Crippen molar-refractivity contribution < 1.29 is 14.7 Å². The van der Waals surface area contributed by atoms with Crippen LogP contribution in [0.15, 0.2) is 60.9 Å². The summed E-state index contributed by atoms with van der Waals surface area (Å²) in [6, 6.07) is 16.3. The third-order valence-electron chi connectivity index (χ3n) is 7.15. The number of benzene rings is 2. The molecule has 5 rings (SSSR count). The van der Waals surface area contributed by atoms with Gasteiger partial charge in [0.05, 0.1) is 0 Å². The average molecular weight is 471 g/mol. The molecule has 1 aliphatic carbocycles. The van der Waals surface area contributed by atoms with E-state index in [9.17, 15) is 9.59 Å². The Bertz CT molecular complexity index is 1250. The first kappa shape index (κ1) is 22.9. The fourth-order valence-electron chi connectivity index (χ4n) is 5.11. The van der Waals surface area contributed by atoms with Crippen LogP contribution in [-0.4, -0.2) is 26.5 Å². The van der Waals surface area contributed by atoms with Gasteiger partial charge in [-0.25, -0.2) is 4.98 Å². The van der Waals surface area contributed by atoms with E-state index in [4.69, 9.17) is 5.11 Å². The van der Waals surface area contributed by atoms with Crippen molar-refractivity contribution in [2.75, 3.05) is 10.2 Å². The van der Waals surface area contributed by atoms with Gasteiger partial charge in [-0.3, -0.25) is 9.59 Å². The zero-order chi connectivity index (χ0) is 24.4. The van der Waals surface area contributed by atoms with Crippen LogP contribution in [0.3, 0.4) is 0 Å². The lowest BCUT2D eigenvalue weighted by Crippen LogP contribution is -2.23. The molecule has 1 amide bonds. The molecule has 1 saturated carbocycles. The first-order chi connectivity index (χ1) is 17.0. The van der Waals surface area contributed by atoms with Crippen LogP contribution in [0.25, 0.3) is 6.08 Å². The molecule has 2 aromatic carbocycles. The van der Waals surface area contributed by atoms with Gasteiger partial charge in [0.2, 0.25) is 0 Å². The highest BCUT2D eigenvalue weighted by Gasteiger charge is 2.24. The topological polar surface area (TPSA) is 87.5 Å². The zero-order valence-electron chi connectivity index (χ0n) is 19.9. The minimum Gasteiger partial charge on any atom is -0.481 e. The lowest BCUT2D eigenvalue weighted by atomic mass is 9.77. The van der Waals surface area contributed by atoms with Gasteiger partial charge >= 0.3 is 5.97 Å². The molecule has 0 bridgehead atoms. The van der Waals surface area contributed by atoms with Crippen molar-refractivity contribution in [2.24, 2.45) is 5.92 Å². The first-order valence-electron chi connectivity index (χ1n) is 12.2. The first-order valence-corrected chi connectivity index (χ1v) is 12.2. The normalized spacial score (nSPS) is 19.3. The molecule has 1 aliphatic heterocycles. The van der Waals surface area contributed by atoms with E-state index in [-0.39, 0.29) is 5.91 Å². The number of aryl methyl sites for hydroxylation is 1. The Morgan fingerprint density at radius 1 is 1.06 bits per heavy atom. The number of carbonyl (C=O) groups excluding carboxylic acids is 1. The summed E-state index contributed by atoms with van der Waals surface area (Å²) >= 11 is 0. The van der Waals surface area contributed by atoms with Gasteiger partial charge in [0.15, 0.2) is 0 Å².